The average Bonchev–Trinajstić information content (AvgIpc) is 2.89. The Hall–Kier alpha value is -1.35. The summed E-state index contributed by atoms with van der Waals surface area (Å²) in [5, 5.41) is 4.38. The lowest BCUT2D eigenvalue weighted by molar-refractivity contribution is 0.698. The highest BCUT2D eigenvalue weighted by Gasteiger charge is 2.15. The van der Waals surface area contributed by atoms with E-state index in [2.05, 4.69) is 35.7 Å². The van der Waals surface area contributed by atoms with Crippen molar-refractivity contribution >= 4 is 33.0 Å². The second kappa shape index (κ2) is 5.96. The molecule has 0 aliphatic carbocycles. The fraction of sp³-hybridized carbons (Fsp3) is 0.176. The summed E-state index contributed by atoms with van der Waals surface area (Å²) in [5.41, 5.74) is 8.49. The molecule has 3 heteroatoms. The molecule has 0 amide bonds. The third-order valence-electron chi connectivity index (χ3n) is 3.66. The van der Waals surface area contributed by atoms with E-state index in [0.717, 1.165) is 17.0 Å². The molecule has 1 unspecified atom stereocenters. The van der Waals surface area contributed by atoms with Crippen LogP contribution in [0.15, 0.2) is 53.9 Å². The first-order chi connectivity index (χ1) is 9.79. The van der Waals surface area contributed by atoms with Gasteiger partial charge in [0.05, 0.1) is 0 Å². The molecule has 20 heavy (non-hydrogen) atoms. The molecule has 3 aromatic rings. The van der Waals surface area contributed by atoms with Crippen LogP contribution in [0.3, 0.4) is 0 Å². The molecule has 0 aliphatic rings. The second-order valence-electron chi connectivity index (χ2n) is 4.92. The summed E-state index contributed by atoms with van der Waals surface area (Å²) in [5.74, 6) is 0.265. The van der Waals surface area contributed by atoms with Crippen LogP contribution in [0.25, 0.3) is 10.1 Å². The van der Waals surface area contributed by atoms with Crippen molar-refractivity contribution in [2.75, 3.05) is 6.54 Å². The van der Waals surface area contributed by atoms with E-state index in [9.17, 15) is 0 Å². The Morgan fingerprint density at radius 1 is 1.05 bits per heavy atom. The van der Waals surface area contributed by atoms with E-state index in [1.54, 1.807) is 11.3 Å². The molecule has 0 fully saturated rings. The molecule has 2 N–H and O–H groups in total. The van der Waals surface area contributed by atoms with Gasteiger partial charge in [0.15, 0.2) is 0 Å². The quantitative estimate of drug-likeness (QED) is 0.733. The Balaban J connectivity index is 1.94. The van der Waals surface area contributed by atoms with Crippen LogP contribution in [0.1, 0.15) is 17.0 Å². The van der Waals surface area contributed by atoms with Crippen molar-refractivity contribution in [3.05, 3.63) is 70.1 Å². The molecule has 0 saturated heterocycles. The number of halogens is 1. The van der Waals surface area contributed by atoms with Crippen molar-refractivity contribution in [2.24, 2.45) is 5.73 Å². The summed E-state index contributed by atoms with van der Waals surface area (Å²) >= 11 is 8.10. The van der Waals surface area contributed by atoms with E-state index in [0.29, 0.717) is 6.54 Å². The maximum absolute atomic E-state index is 6.30. The number of nitrogens with two attached hydrogens (primary N) is 1. The van der Waals surface area contributed by atoms with Crippen LogP contribution in [0.4, 0.5) is 0 Å². The van der Waals surface area contributed by atoms with Crippen LogP contribution in [-0.4, -0.2) is 6.54 Å². The lowest BCUT2D eigenvalue weighted by Gasteiger charge is -2.16. The molecule has 3 rings (SSSR count). The fourth-order valence-electron chi connectivity index (χ4n) is 2.58. The zero-order valence-electron chi connectivity index (χ0n) is 11.1. The normalized spacial score (nSPS) is 12.7. The highest BCUT2D eigenvalue weighted by Crippen LogP contribution is 2.32. The van der Waals surface area contributed by atoms with Crippen LogP contribution < -0.4 is 5.73 Å². The van der Waals surface area contributed by atoms with Crippen LogP contribution in [0, 0.1) is 0 Å². The van der Waals surface area contributed by atoms with E-state index in [-0.39, 0.29) is 5.92 Å². The topological polar surface area (TPSA) is 26.0 Å². The van der Waals surface area contributed by atoms with Gasteiger partial charge in [-0.05, 0) is 47.0 Å². The molecule has 1 nitrogen and oxygen atoms in total. The van der Waals surface area contributed by atoms with Crippen LogP contribution in [0.5, 0.6) is 0 Å². The smallest absolute Gasteiger partial charge is 0.0441 e. The molecule has 0 radical (unpaired) electrons. The Bertz CT molecular complexity index is 720. The SMILES string of the molecule is NCC(Cc1csc2ccccc12)c1ccccc1Cl. The summed E-state index contributed by atoms with van der Waals surface area (Å²) < 4.78 is 1.33. The van der Waals surface area contributed by atoms with Gasteiger partial charge in [-0.15, -0.1) is 11.3 Å². The Kier molecular flexibility index (Phi) is 4.06. The maximum Gasteiger partial charge on any atom is 0.0441 e. The lowest BCUT2D eigenvalue weighted by atomic mass is 9.92. The van der Waals surface area contributed by atoms with Crippen LogP contribution in [-0.2, 0) is 6.42 Å². The standard InChI is InChI=1S/C17H16ClNS/c18-16-7-3-1-5-14(16)12(10-19)9-13-11-20-17-8-4-2-6-15(13)17/h1-8,11-12H,9-10,19H2. The minimum Gasteiger partial charge on any atom is -0.330 e. The molecule has 0 spiro atoms. The zero-order chi connectivity index (χ0) is 13.9. The molecular weight excluding hydrogens is 286 g/mol. The summed E-state index contributed by atoms with van der Waals surface area (Å²) in [4.78, 5) is 0. The third kappa shape index (κ3) is 2.59. The van der Waals surface area contributed by atoms with Gasteiger partial charge in [-0.1, -0.05) is 48.0 Å². The highest BCUT2D eigenvalue weighted by molar-refractivity contribution is 7.17. The van der Waals surface area contributed by atoms with Crippen LogP contribution >= 0.6 is 22.9 Å². The van der Waals surface area contributed by atoms with Crippen molar-refractivity contribution < 1.29 is 0 Å². The van der Waals surface area contributed by atoms with Gasteiger partial charge in [0.2, 0.25) is 0 Å². The Morgan fingerprint density at radius 3 is 2.60 bits per heavy atom. The lowest BCUT2D eigenvalue weighted by Crippen LogP contribution is -2.15. The molecule has 1 heterocycles. The molecular formula is C17H16ClNS. The summed E-state index contributed by atoms with van der Waals surface area (Å²) in [6.45, 7) is 0.605. The third-order valence-corrected chi connectivity index (χ3v) is 5.01. The highest BCUT2D eigenvalue weighted by atomic mass is 35.5. The van der Waals surface area contributed by atoms with Gasteiger partial charge in [0.1, 0.15) is 0 Å². The van der Waals surface area contributed by atoms with E-state index in [4.69, 9.17) is 17.3 Å². The second-order valence-corrected chi connectivity index (χ2v) is 6.23. The zero-order valence-corrected chi connectivity index (χ0v) is 12.6. The average molecular weight is 302 g/mol. The van der Waals surface area contributed by atoms with E-state index >= 15 is 0 Å². The monoisotopic (exact) mass is 301 g/mol. The largest absolute Gasteiger partial charge is 0.330 e. The van der Waals surface area contributed by atoms with E-state index in [1.807, 2.05) is 18.2 Å². The number of hydrogen-bond donors (Lipinski definition) is 1. The van der Waals surface area contributed by atoms with Crippen molar-refractivity contribution in [3.63, 3.8) is 0 Å². The Morgan fingerprint density at radius 2 is 1.80 bits per heavy atom. The maximum atomic E-state index is 6.30. The summed E-state index contributed by atoms with van der Waals surface area (Å²) in [6, 6.07) is 16.5. The number of thiophene rings is 1. The first-order valence-electron chi connectivity index (χ1n) is 6.69. The number of hydrogen-bond acceptors (Lipinski definition) is 2. The summed E-state index contributed by atoms with van der Waals surface area (Å²) in [6.07, 6.45) is 0.935. The molecule has 102 valence electrons. The summed E-state index contributed by atoms with van der Waals surface area (Å²) in [7, 11) is 0. The van der Waals surface area contributed by atoms with Gasteiger partial charge >= 0.3 is 0 Å². The van der Waals surface area contributed by atoms with Gasteiger partial charge in [0, 0.05) is 15.6 Å². The van der Waals surface area contributed by atoms with Crippen molar-refractivity contribution in [1.29, 1.82) is 0 Å². The van der Waals surface area contributed by atoms with E-state index in [1.165, 1.54) is 15.6 Å². The van der Waals surface area contributed by atoms with Crippen molar-refractivity contribution in [3.8, 4) is 0 Å². The van der Waals surface area contributed by atoms with Crippen molar-refractivity contribution in [2.45, 2.75) is 12.3 Å². The molecule has 2 aromatic carbocycles. The van der Waals surface area contributed by atoms with Gasteiger partial charge < -0.3 is 5.73 Å². The van der Waals surface area contributed by atoms with Gasteiger partial charge in [-0.25, -0.2) is 0 Å². The molecule has 0 bridgehead atoms. The minimum atomic E-state index is 0.265. The molecule has 1 atom stereocenters. The van der Waals surface area contributed by atoms with Gasteiger partial charge in [-0.2, -0.15) is 0 Å². The Labute approximate surface area is 128 Å². The van der Waals surface area contributed by atoms with Crippen molar-refractivity contribution in [1.82, 2.24) is 0 Å². The number of fused-ring (bicyclic) bond motifs is 1. The van der Waals surface area contributed by atoms with Gasteiger partial charge in [0.25, 0.3) is 0 Å². The number of benzene rings is 2. The fourth-order valence-corrected chi connectivity index (χ4v) is 3.85. The number of rotatable bonds is 4. The molecule has 1 aromatic heterocycles. The van der Waals surface area contributed by atoms with E-state index < -0.39 is 0 Å². The first-order valence-corrected chi connectivity index (χ1v) is 7.95. The van der Waals surface area contributed by atoms with Crippen LogP contribution in [0.2, 0.25) is 5.02 Å². The molecule has 0 aliphatic heterocycles. The predicted octanol–water partition coefficient (Wildman–Crippen LogP) is 4.84. The molecule has 0 saturated carbocycles. The predicted molar refractivity (Wildman–Crippen MR) is 88.8 cm³/mol. The minimum absolute atomic E-state index is 0.265. The van der Waals surface area contributed by atoms with Gasteiger partial charge in [-0.3, -0.25) is 0 Å². The first kappa shape index (κ1) is 13.6.